The number of anilines is 2. The maximum Gasteiger partial charge on any atom is 0.259 e. The minimum Gasteiger partial charge on any atom is -0.361 e. The number of amides is 1. The molecule has 4 heterocycles. The fourth-order valence-electron chi connectivity index (χ4n) is 4.35. The molecule has 1 saturated heterocycles. The Morgan fingerprint density at radius 3 is 2.44 bits per heavy atom. The van der Waals surface area contributed by atoms with Crippen LogP contribution in [0.3, 0.4) is 0 Å². The van der Waals surface area contributed by atoms with Crippen molar-refractivity contribution in [2.45, 2.75) is 66.3 Å². The fourth-order valence-corrected chi connectivity index (χ4v) is 4.35. The number of nitrogens with one attached hydrogen (secondary N) is 1. The first kappa shape index (κ1) is 21.9. The number of hydrogen-bond acceptors (Lipinski definition) is 7. The smallest absolute Gasteiger partial charge is 0.259 e. The average Bonchev–Trinajstić information content (AvgIpc) is 3.33. The van der Waals surface area contributed by atoms with Crippen molar-refractivity contribution in [1.29, 1.82) is 0 Å². The van der Waals surface area contributed by atoms with Gasteiger partial charge in [0.1, 0.15) is 11.3 Å². The third kappa shape index (κ3) is 4.35. The number of aryl methyl sites for hydroxylation is 4. The van der Waals surface area contributed by atoms with Crippen molar-refractivity contribution in [3.05, 3.63) is 58.0 Å². The van der Waals surface area contributed by atoms with Crippen molar-refractivity contribution in [3.8, 4) is 0 Å². The van der Waals surface area contributed by atoms with Gasteiger partial charge in [-0.2, -0.15) is 0 Å². The summed E-state index contributed by atoms with van der Waals surface area (Å²) in [7, 11) is 0. The maximum atomic E-state index is 13.5. The predicted octanol–water partition coefficient (Wildman–Crippen LogP) is 4.94. The minimum atomic E-state index is -0.0996. The van der Waals surface area contributed by atoms with E-state index in [1.165, 1.54) is 0 Å². The molecule has 1 atom stereocenters. The monoisotopic (exact) mass is 434 g/mol. The third-order valence-corrected chi connectivity index (χ3v) is 5.72. The Morgan fingerprint density at radius 2 is 1.75 bits per heavy atom. The number of likely N-dealkylation sites (tertiary alicyclic amines) is 1. The molecule has 0 aliphatic carbocycles. The van der Waals surface area contributed by atoms with Gasteiger partial charge < -0.3 is 14.7 Å². The molecule has 0 aromatic carbocycles. The molecule has 1 fully saturated rings. The van der Waals surface area contributed by atoms with Crippen molar-refractivity contribution in [2.24, 2.45) is 0 Å². The number of hydrogen-bond donors (Lipinski definition) is 1. The summed E-state index contributed by atoms with van der Waals surface area (Å²) in [5.74, 6) is 1.19. The standard InChI is InChI=1S/C24H30N6O2/c1-13(2)22-21(17(6)32-29-22)23(31)30-9-7-8-20(30)19-12-18(11-16(5)25-19)28-24-26-14(3)10-15(4)27-24/h10-13,20H,7-9H2,1-6H3,(H,25,26,27,28)/t20-/m1/s1. The van der Waals surface area contributed by atoms with Gasteiger partial charge in [-0.25, -0.2) is 9.97 Å². The van der Waals surface area contributed by atoms with Gasteiger partial charge in [0.2, 0.25) is 5.95 Å². The molecule has 8 nitrogen and oxygen atoms in total. The summed E-state index contributed by atoms with van der Waals surface area (Å²) >= 11 is 0. The van der Waals surface area contributed by atoms with Gasteiger partial charge in [0, 0.05) is 29.3 Å². The molecule has 1 aliphatic rings. The zero-order valence-electron chi connectivity index (χ0n) is 19.6. The highest BCUT2D eigenvalue weighted by atomic mass is 16.5. The van der Waals surface area contributed by atoms with Crippen LogP contribution in [0.25, 0.3) is 0 Å². The van der Waals surface area contributed by atoms with E-state index in [4.69, 9.17) is 9.51 Å². The van der Waals surface area contributed by atoms with Crippen LogP contribution < -0.4 is 5.32 Å². The van der Waals surface area contributed by atoms with E-state index in [2.05, 4.69) is 20.4 Å². The van der Waals surface area contributed by atoms with Gasteiger partial charge in [-0.1, -0.05) is 19.0 Å². The molecule has 1 amide bonds. The third-order valence-electron chi connectivity index (χ3n) is 5.72. The Bertz CT molecular complexity index is 1130. The van der Waals surface area contributed by atoms with E-state index in [0.717, 1.165) is 41.3 Å². The summed E-state index contributed by atoms with van der Waals surface area (Å²) in [4.78, 5) is 29.2. The molecule has 32 heavy (non-hydrogen) atoms. The number of carbonyl (C=O) groups is 1. The van der Waals surface area contributed by atoms with Crippen molar-refractivity contribution in [1.82, 2.24) is 25.0 Å². The fraction of sp³-hybridized carbons (Fsp3) is 0.458. The summed E-state index contributed by atoms with van der Waals surface area (Å²) in [6, 6.07) is 5.80. The lowest BCUT2D eigenvalue weighted by atomic mass is 10.0. The molecule has 3 aromatic rings. The molecule has 3 aromatic heterocycles. The number of rotatable bonds is 5. The summed E-state index contributed by atoms with van der Waals surface area (Å²) in [6.07, 6.45) is 1.79. The van der Waals surface area contributed by atoms with E-state index in [0.29, 0.717) is 29.5 Å². The molecule has 1 aliphatic heterocycles. The van der Waals surface area contributed by atoms with E-state index >= 15 is 0 Å². The molecule has 4 rings (SSSR count). The lowest BCUT2D eigenvalue weighted by molar-refractivity contribution is 0.0729. The Morgan fingerprint density at radius 1 is 1.06 bits per heavy atom. The SMILES string of the molecule is Cc1cc(Nc2nc(C)cc(C)n2)cc([C@H]2CCCN2C(=O)c2c(C(C)C)noc2C)n1. The Labute approximate surface area is 188 Å². The molecule has 0 radical (unpaired) electrons. The molecule has 0 saturated carbocycles. The average molecular weight is 435 g/mol. The second kappa shape index (κ2) is 8.68. The predicted molar refractivity (Wildman–Crippen MR) is 122 cm³/mol. The van der Waals surface area contributed by atoms with Gasteiger partial charge in [-0.15, -0.1) is 0 Å². The number of pyridine rings is 1. The quantitative estimate of drug-likeness (QED) is 0.607. The Kier molecular flexibility index (Phi) is 5.95. The summed E-state index contributed by atoms with van der Waals surface area (Å²) in [6.45, 7) is 12.4. The van der Waals surface area contributed by atoms with Gasteiger partial charge in [-0.3, -0.25) is 9.78 Å². The van der Waals surface area contributed by atoms with Crippen LogP contribution in [0.1, 0.15) is 83.2 Å². The van der Waals surface area contributed by atoms with Crippen LogP contribution in [0.2, 0.25) is 0 Å². The van der Waals surface area contributed by atoms with E-state index in [1.807, 2.05) is 57.7 Å². The minimum absolute atomic E-state index is 0.0367. The van der Waals surface area contributed by atoms with Gasteiger partial charge in [0.15, 0.2) is 0 Å². The van der Waals surface area contributed by atoms with Crippen LogP contribution in [0.4, 0.5) is 11.6 Å². The van der Waals surface area contributed by atoms with Gasteiger partial charge in [0.25, 0.3) is 5.91 Å². The molecular weight excluding hydrogens is 404 g/mol. The van der Waals surface area contributed by atoms with Crippen LogP contribution in [-0.2, 0) is 0 Å². The second-order valence-electron chi connectivity index (χ2n) is 8.83. The lowest BCUT2D eigenvalue weighted by Crippen LogP contribution is -2.32. The molecular formula is C24H30N6O2. The highest BCUT2D eigenvalue weighted by molar-refractivity contribution is 5.96. The topological polar surface area (TPSA) is 97.0 Å². The van der Waals surface area contributed by atoms with Crippen molar-refractivity contribution < 1.29 is 9.32 Å². The van der Waals surface area contributed by atoms with E-state index in [-0.39, 0.29) is 17.9 Å². The first-order valence-electron chi connectivity index (χ1n) is 11.1. The zero-order chi connectivity index (χ0) is 23.0. The second-order valence-corrected chi connectivity index (χ2v) is 8.83. The number of aromatic nitrogens is 4. The van der Waals surface area contributed by atoms with Crippen LogP contribution >= 0.6 is 0 Å². The van der Waals surface area contributed by atoms with Gasteiger partial charge in [0.05, 0.1) is 17.4 Å². The molecule has 1 N–H and O–H groups in total. The van der Waals surface area contributed by atoms with Crippen molar-refractivity contribution >= 4 is 17.5 Å². The van der Waals surface area contributed by atoms with E-state index in [1.54, 1.807) is 6.92 Å². The molecule has 0 bridgehead atoms. The number of carbonyl (C=O) groups excluding carboxylic acids is 1. The van der Waals surface area contributed by atoms with Crippen LogP contribution in [0, 0.1) is 27.7 Å². The van der Waals surface area contributed by atoms with Gasteiger partial charge >= 0.3 is 0 Å². The van der Waals surface area contributed by atoms with Gasteiger partial charge in [-0.05, 0) is 64.7 Å². The first-order valence-corrected chi connectivity index (χ1v) is 11.1. The van der Waals surface area contributed by atoms with Crippen LogP contribution in [0.5, 0.6) is 0 Å². The molecule has 0 spiro atoms. The van der Waals surface area contributed by atoms with Crippen molar-refractivity contribution in [3.63, 3.8) is 0 Å². The van der Waals surface area contributed by atoms with E-state index in [9.17, 15) is 4.79 Å². The molecule has 0 unspecified atom stereocenters. The number of nitrogens with zero attached hydrogens (tertiary/aromatic N) is 5. The molecule has 168 valence electrons. The molecule has 8 heteroatoms. The summed E-state index contributed by atoms with van der Waals surface area (Å²) < 4.78 is 5.37. The van der Waals surface area contributed by atoms with Crippen LogP contribution in [-0.4, -0.2) is 37.5 Å². The highest BCUT2D eigenvalue weighted by Crippen LogP contribution is 2.35. The normalized spacial score (nSPS) is 16.1. The highest BCUT2D eigenvalue weighted by Gasteiger charge is 2.35. The Hall–Kier alpha value is -3.29. The first-order chi connectivity index (χ1) is 15.2. The lowest BCUT2D eigenvalue weighted by Gasteiger charge is -2.25. The maximum absolute atomic E-state index is 13.5. The summed E-state index contributed by atoms with van der Waals surface area (Å²) in [5.41, 5.74) is 5.71. The van der Waals surface area contributed by atoms with E-state index < -0.39 is 0 Å². The van der Waals surface area contributed by atoms with Crippen LogP contribution in [0.15, 0.2) is 22.7 Å². The zero-order valence-corrected chi connectivity index (χ0v) is 19.6. The van der Waals surface area contributed by atoms with Crippen molar-refractivity contribution in [2.75, 3.05) is 11.9 Å². The Balaban J connectivity index is 1.64. The summed E-state index contributed by atoms with van der Waals surface area (Å²) in [5, 5.41) is 7.44. The largest absolute Gasteiger partial charge is 0.361 e.